The minimum absolute atomic E-state index is 0.0120. The maximum Gasteiger partial charge on any atom is 0.415 e. The van der Waals surface area contributed by atoms with E-state index in [-0.39, 0.29) is 38.4 Å². The standard InChI is InChI=1S/C42H66N6O13/c1-33(35-4-6-36(7-5-35)38(30-34-2-3-34)46-8-10-47(11-9-46)41(50)51)44-40-43-31-37-32-61-42(52)48(39(37)45-40)12-14-53-16-18-55-20-22-57-24-26-59-28-29-60-27-25-58-23-21-56-19-17-54-15-13-49/h4-7,31,33-34,38,49H,2-3,8-30,32H2,1H3,(H,50,51)(H,43,44,45)/t33?,38-/m0/s1. The SMILES string of the molecule is CC(Nc1ncc2c(n1)N(CCOCCOCCOCCOCCOCCOCCOCCOCCO)C(=O)OC2)c1ccc([C@H](CC2CC2)N2CCN(C(=O)O)CC2)cc1. The first-order chi connectivity index (χ1) is 29.9. The molecule has 0 spiro atoms. The number of aliphatic hydroxyl groups is 1. The summed E-state index contributed by atoms with van der Waals surface area (Å²) >= 11 is 0. The molecule has 2 atom stereocenters. The third kappa shape index (κ3) is 17.9. The van der Waals surface area contributed by atoms with Gasteiger partial charge in [0.25, 0.3) is 0 Å². The number of nitrogens with one attached hydrogen (secondary N) is 1. The zero-order valence-corrected chi connectivity index (χ0v) is 35.6. The van der Waals surface area contributed by atoms with Crippen molar-refractivity contribution in [2.75, 3.05) is 155 Å². The Morgan fingerprint density at radius 1 is 0.754 bits per heavy atom. The van der Waals surface area contributed by atoms with E-state index in [0.717, 1.165) is 31.0 Å². The largest absolute Gasteiger partial charge is 0.465 e. The first-order valence-corrected chi connectivity index (χ1v) is 21.5. The molecule has 5 rings (SSSR count). The molecule has 1 aromatic heterocycles. The lowest BCUT2D eigenvalue weighted by Crippen LogP contribution is -2.49. The Kier molecular flexibility index (Phi) is 22.2. The molecule has 2 fully saturated rings. The van der Waals surface area contributed by atoms with Crippen LogP contribution in [0.1, 0.15) is 55.0 Å². The summed E-state index contributed by atoms with van der Waals surface area (Å²) in [7, 11) is 0. The molecular formula is C42H66N6O13. The molecule has 3 aliphatic rings. The topological polar surface area (TPSA) is 205 Å². The van der Waals surface area contributed by atoms with E-state index in [4.69, 9.17) is 52.7 Å². The maximum absolute atomic E-state index is 12.8. The second-order valence-electron chi connectivity index (χ2n) is 14.9. The van der Waals surface area contributed by atoms with Gasteiger partial charge in [-0.25, -0.2) is 14.6 Å². The number of aromatic nitrogens is 2. The van der Waals surface area contributed by atoms with Gasteiger partial charge in [-0.15, -0.1) is 0 Å². The van der Waals surface area contributed by atoms with E-state index in [1.54, 1.807) is 6.20 Å². The number of carbonyl (C=O) groups is 2. The molecule has 2 aliphatic heterocycles. The van der Waals surface area contributed by atoms with Gasteiger partial charge in [0.15, 0.2) is 0 Å². The molecule has 19 heteroatoms. The Labute approximate surface area is 358 Å². The second-order valence-corrected chi connectivity index (χ2v) is 14.9. The van der Waals surface area contributed by atoms with Crippen LogP contribution in [0.2, 0.25) is 0 Å². The molecule has 19 nitrogen and oxygen atoms in total. The summed E-state index contributed by atoms with van der Waals surface area (Å²) < 4.78 is 49.1. The van der Waals surface area contributed by atoms with Crippen LogP contribution in [-0.4, -0.2) is 187 Å². The van der Waals surface area contributed by atoms with Gasteiger partial charge in [0, 0.05) is 38.4 Å². The zero-order chi connectivity index (χ0) is 42.9. The van der Waals surface area contributed by atoms with Crippen molar-refractivity contribution >= 4 is 24.0 Å². The molecule has 1 aromatic carbocycles. The summed E-state index contributed by atoms with van der Waals surface area (Å²) in [6.45, 7) is 11.8. The third-order valence-electron chi connectivity index (χ3n) is 10.4. The number of carbonyl (C=O) groups excluding carboxylic acids is 1. The molecule has 1 aliphatic carbocycles. The van der Waals surface area contributed by atoms with Crippen LogP contribution in [0.4, 0.5) is 21.4 Å². The molecule has 2 aromatic rings. The minimum Gasteiger partial charge on any atom is -0.465 e. The van der Waals surface area contributed by atoms with Gasteiger partial charge in [-0.1, -0.05) is 37.1 Å². The Hall–Kier alpha value is -3.76. The van der Waals surface area contributed by atoms with Gasteiger partial charge in [0.2, 0.25) is 5.95 Å². The number of rotatable bonds is 33. The highest BCUT2D eigenvalue weighted by Gasteiger charge is 2.33. The summed E-state index contributed by atoms with van der Waals surface area (Å²) in [5, 5.41) is 21.4. The Balaban J connectivity index is 0.899. The number of amides is 2. The molecule has 342 valence electrons. The highest BCUT2D eigenvalue weighted by Crippen LogP contribution is 2.40. The van der Waals surface area contributed by atoms with Gasteiger partial charge < -0.3 is 63.1 Å². The second kappa shape index (κ2) is 28.0. The fourth-order valence-electron chi connectivity index (χ4n) is 6.84. The van der Waals surface area contributed by atoms with Crippen LogP contribution >= 0.6 is 0 Å². The van der Waals surface area contributed by atoms with Gasteiger partial charge in [-0.05, 0) is 30.4 Å². The fraction of sp³-hybridized carbons (Fsp3) is 0.714. The number of carboxylic acid groups (broad SMARTS) is 1. The number of hydrogen-bond acceptors (Lipinski definition) is 16. The molecule has 61 heavy (non-hydrogen) atoms. The summed E-state index contributed by atoms with van der Waals surface area (Å²) in [4.78, 5) is 38.8. The molecule has 3 heterocycles. The highest BCUT2D eigenvalue weighted by atomic mass is 16.6. The van der Waals surface area contributed by atoms with Crippen molar-refractivity contribution < 1.29 is 62.4 Å². The van der Waals surface area contributed by atoms with Crippen molar-refractivity contribution in [1.29, 1.82) is 0 Å². The van der Waals surface area contributed by atoms with Crippen molar-refractivity contribution in [1.82, 2.24) is 19.8 Å². The Morgan fingerprint density at radius 2 is 1.25 bits per heavy atom. The van der Waals surface area contributed by atoms with E-state index in [1.165, 1.54) is 28.2 Å². The Bertz CT molecular complexity index is 1530. The number of piperazine rings is 1. The van der Waals surface area contributed by atoms with Crippen LogP contribution in [0.5, 0.6) is 0 Å². The van der Waals surface area contributed by atoms with E-state index in [9.17, 15) is 14.7 Å². The average Bonchev–Trinajstić information content (AvgIpc) is 4.11. The van der Waals surface area contributed by atoms with E-state index in [0.29, 0.717) is 130 Å². The number of ether oxygens (including phenoxy) is 9. The molecule has 3 N–H and O–H groups in total. The van der Waals surface area contributed by atoms with E-state index in [1.807, 2.05) is 6.92 Å². The maximum atomic E-state index is 12.8. The minimum atomic E-state index is -0.847. The molecule has 1 saturated carbocycles. The van der Waals surface area contributed by atoms with Gasteiger partial charge >= 0.3 is 12.2 Å². The smallest absolute Gasteiger partial charge is 0.415 e. The first kappa shape index (κ1) is 48.3. The van der Waals surface area contributed by atoms with Crippen molar-refractivity contribution in [3.63, 3.8) is 0 Å². The van der Waals surface area contributed by atoms with E-state index in [2.05, 4.69) is 39.5 Å². The summed E-state index contributed by atoms with van der Waals surface area (Å²) in [6.07, 6.45) is 3.97. The quantitative estimate of drug-likeness (QED) is 0.0880. The molecule has 0 bridgehead atoms. The number of benzene rings is 1. The fourth-order valence-corrected chi connectivity index (χ4v) is 6.84. The normalized spacial score (nSPS) is 16.7. The number of anilines is 2. The van der Waals surface area contributed by atoms with Crippen molar-refractivity contribution in [2.45, 2.75) is 44.9 Å². The molecular weight excluding hydrogens is 796 g/mol. The van der Waals surface area contributed by atoms with Crippen LogP contribution in [-0.2, 0) is 49.2 Å². The third-order valence-corrected chi connectivity index (χ3v) is 10.4. The number of hydrogen-bond donors (Lipinski definition) is 3. The predicted octanol–water partition coefficient (Wildman–Crippen LogP) is 3.37. The highest BCUT2D eigenvalue weighted by molar-refractivity contribution is 5.89. The van der Waals surface area contributed by atoms with Crippen LogP contribution in [0.3, 0.4) is 0 Å². The first-order valence-electron chi connectivity index (χ1n) is 21.5. The van der Waals surface area contributed by atoms with Gasteiger partial charge in [-0.3, -0.25) is 9.80 Å². The molecule has 1 unspecified atom stereocenters. The summed E-state index contributed by atoms with van der Waals surface area (Å²) in [5.41, 5.74) is 3.04. The van der Waals surface area contributed by atoms with Gasteiger partial charge in [0.1, 0.15) is 12.4 Å². The average molecular weight is 863 g/mol. The number of cyclic esters (lactones) is 1. The van der Waals surface area contributed by atoms with Crippen LogP contribution in [0.15, 0.2) is 30.5 Å². The van der Waals surface area contributed by atoms with Gasteiger partial charge in [0.05, 0.1) is 130 Å². The molecule has 1 saturated heterocycles. The zero-order valence-electron chi connectivity index (χ0n) is 35.6. The van der Waals surface area contributed by atoms with Crippen molar-refractivity contribution in [3.05, 3.63) is 47.2 Å². The monoisotopic (exact) mass is 862 g/mol. The van der Waals surface area contributed by atoms with E-state index >= 15 is 0 Å². The number of aliphatic hydroxyl groups excluding tert-OH is 1. The van der Waals surface area contributed by atoms with Crippen molar-refractivity contribution in [2.24, 2.45) is 5.92 Å². The van der Waals surface area contributed by atoms with E-state index < -0.39 is 12.2 Å². The Morgan fingerprint density at radius 3 is 1.74 bits per heavy atom. The predicted molar refractivity (Wildman–Crippen MR) is 223 cm³/mol. The lowest BCUT2D eigenvalue weighted by atomic mass is 9.96. The van der Waals surface area contributed by atoms with Crippen LogP contribution < -0.4 is 10.2 Å². The lowest BCUT2D eigenvalue weighted by molar-refractivity contribution is -0.0237. The van der Waals surface area contributed by atoms with Crippen LogP contribution in [0, 0.1) is 5.92 Å². The number of nitrogens with zero attached hydrogens (tertiary/aromatic N) is 5. The number of fused-ring (bicyclic) bond motifs is 1. The lowest BCUT2D eigenvalue weighted by Gasteiger charge is -2.38. The van der Waals surface area contributed by atoms with Crippen LogP contribution in [0.25, 0.3) is 0 Å². The molecule has 2 amide bonds. The van der Waals surface area contributed by atoms with Gasteiger partial charge in [-0.2, -0.15) is 4.98 Å². The summed E-state index contributed by atoms with van der Waals surface area (Å²) in [5.74, 6) is 1.64. The molecule has 0 radical (unpaired) electrons. The summed E-state index contributed by atoms with van der Waals surface area (Å²) in [6, 6.07) is 8.81. The van der Waals surface area contributed by atoms with Crippen molar-refractivity contribution in [3.8, 4) is 0 Å².